The molecule has 5 nitrogen and oxygen atoms in total. The van der Waals surface area contributed by atoms with Gasteiger partial charge in [-0.15, -0.1) is 0 Å². The quantitative estimate of drug-likeness (QED) is 0.926. The maximum atomic E-state index is 5.51. The molecule has 1 aliphatic heterocycles. The van der Waals surface area contributed by atoms with E-state index in [1.54, 1.807) is 7.11 Å². The van der Waals surface area contributed by atoms with Gasteiger partial charge in [0, 0.05) is 19.6 Å². The Balaban J connectivity index is 1.81. The maximum Gasteiger partial charge on any atom is 0.260 e. The minimum absolute atomic E-state index is 0.297. The third kappa shape index (κ3) is 2.73. The molecular weight excluding hydrogens is 254 g/mol. The third-order valence-corrected chi connectivity index (χ3v) is 3.68. The van der Waals surface area contributed by atoms with Crippen molar-refractivity contribution in [2.24, 2.45) is 0 Å². The zero-order valence-electron chi connectivity index (χ0n) is 11.6. The smallest absolute Gasteiger partial charge is 0.260 e. The van der Waals surface area contributed by atoms with Crippen LogP contribution < -0.4 is 5.32 Å². The molecule has 0 bridgehead atoms. The summed E-state index contributed by atoms with van der Waals surface area (Å²) < 4.78 is 10.9. The maximum absolute atomic E-state index is 5.51. The molecule has 2 unspecified atom stereocenters. The highest BCUT2D eigenvalue weighted by Crippen LogP contribution is 2.26. The average molecular weight is 273 g/mol. The third-order valence-electron chi connectivity index (χ3n) is 3.68. The van der Waals surface area contributed by atoms with Crippen molar-refractivity contribution in [1.82, 2.24) is 15.5 Å². The number of rotatable bonds is 4. The van der Waals surface area contributed by atoms with E-state index in [4.69, 9.17) is 9.26 Å². The van der Waals surface area contributed by atoms with Gasteiger partial charge in [-0.1, -0.05) is 35.5 Å². The van der Waals surface area contributed by atoms with E-state index >= 15 is 0 Å². The molecule has 0 radical (unpaired) electrons. The van der Waals surface area contributed by atoms with Gasteiger partial charge in [-0.2, -0.15) is 4.98 Å². The van der Waals surface area contributed by atoms with Gasteiger partial charge >= 0.3 is 0 Å². The van der Waals surface area contributed by atoms with E-state index in [0.717, 1.165) is 37.3 Å². The Morgan fingerprint density at radius 3 is 2.90 bits per heavy atom. The topological polar surface area (TPSA) is 60.2 Å². The molecule has 0 aliphatic carbocycles. The lowest BCUT2D eigenvalue weighted by Gasteiger charge is -2.19. The molecule has 106 valence electrons. The molecule has 1 fully saturated rings. The van der Waals surface area contributed by atoms with Crippen molar-refractivity contribution in [3.8, 4) is 0 Å². The Morgan fingerprint density at radius 2 is 2.20 bits per heavy atom. The van der Waals surface area contributed by atoms with Crippen molar-refractivity contribution >= 4 is 0 Å². The molecule has 1 aromatic heterocycles. The fourth-order valence-electron chi connectivity index (χ4n) is 2.60. The summed E-state index contributed by atoms with van der Waals surface area (Å²) in [5.74, 6) is 1.65. The molecule has 2 atom stereocenters. The summed E-state index contributed by atoms with van der Waals surface area (Å²) in [4.78, 5) is 4.54. The molecule has 2 heterocycles. The lowest BCUT2D eigenvalue weighted by molar-refractivity contribution is 0.105. The van der Waals surface area contributed by atoms with Gasteiger partial charge in [0.25, 0.3) is 5.89 Å². The van der Waals surface area contributed by atoms with E-state index in [0.29, 0.717) is 11.8 Å². The van der Waals surface area contributed by atoms with Gasteiger partial charge in [-0.25, -0.2) is 0 Å². The van der Waals surface area contributed by atoms with Crippen molar-refractivity contribution in [2.45, 2.75) is 24.9 Å². The van der Waals surface area contributed by atoms with Crippen LogP contribution in [0.2, 0.25) is 0 Å². The standard InChI is InChI=1S/C15H19N3O2/c1-19-13(11-6-3-2-4-7-11)15-17-14(18-20-15)12-8-5-9-16-10-12/h2-4,6-7,12-13,16H,5,8-10H2,1H3. The van der Waals surface area contributed by atoms with Crippen LogP contribution in [0, 0.1) is 0 Å². The first-order valence-corrected chi connectivity index (χ1v) is 7.00. The van der Waals surface area contributed by atoms with Crippen molar-refractivity contribution in [2.75, 3.05) is 20.2 Å². The molecule has 1 aliphatic rings. The molecule has 0 amide bonds. The Kier molecular flexibility index (Phi) is 4.08. The van der Waals surface area contributed by atoms with Gasteiger partial charge in [0.05, 0.1) is 0 Å². The second-order valence-electron chi connectivity index (χ2n) is 5.06. The fraction of sp³-hybridized carbons (Fsp3) is 0.467. The SMILES string of the molecule is COC(c1ccccc1)c1nc(C2CCCNC2)no1. The summed E-state index contributed by atoms with van der Waals surface area (Å²) in [5, 5.41) is 7.49. The summed E-state index contributed by atoms with van der Waals surface area (Å²) in [6, 6.07) is 9.93. The van der Waals surface area contributed by atoms with Crippen LogP contribution in [0.4, 0.5) is 0 Å². The number of nitrogens with one attached hydrogen (secondary N) is 1. The lowest BCUT2D eigenvalue weighted by atomic mass is 9.99. The van der Waals surface area contributed by atoms with Crippen LogP contribution in [-0.2, 0) is 4.74 Å². The minimum atomic E-state index is -0.297. The van der Waals surface area contributed by atoms with Crippen molar-refractivity contribution < 1.29 is 9.26 Å². The first-order chi connectivity index (χ1) is 9.88. The van der Waals surface area contributed by atoms with E-state index in [2.05, 4.69) is 15.5 Å². The van der Waals surface area contributed by atoms with Crippen LogP contribution in [0.25, 0.3) is 0 Å². The Labute approximate surface area is 118 Å². The van der Waals surface area contributed by atoms with Gasteiger partial charge in [0.2, 0.25) is 0 Å². The van der Waals surface area contributed by atoms with E-state index in [1.165, 1.54) is 0 Å². The molecule has 3 rings (SSSR count). The Hall–Kier alpha value is -1.72. The van der Waals surface area contributed by atoms with Gasteiger partial charge < -0.3 is 14.6 Å². The first-order valence-electron chi connectivity index (χ1n) is 7.00. The van der Waals surface area contributed by atoms with Gasteiger partial charge in [0.15, 0.2) is 11.9 Å². The predicted molar refractivity (Wildman–Crippen MR) is 74.4 cm³/mol. The lowest BCUT2D eigenvalue weighted by Crippen LogP contribution is -2.28. The average Bonchev–Trinajstić information content (AvgIpc) is 3.00. The highest BCUT2D eigenvalue weighted by Gasteiger charge is 2.25. The molecule has 2 aromatic rings. The molecule has 0 spiro atoms. The summed E-state index contributed by atoms with van der Waals surface area (Å²) in [6.45, 7) is 1.99. The zero-order valence-corrected chi connectivity index (χ0v) is 11.6. The number of ether oxygens (including phenoxy) is 1. The first kappa shape index (κ1) is 13.3. The molecule has 20 heavy (non-hydrogen) atoms. The van der Waals surface area contributed by atoms with Crippen molar-refractivity contribution in [3.05, 3.63) is 47.6 Å². The summed E-state index contributed by atoms with van der Waals surface area (Å²) in [6.07, 6.45) is 1.96. The molecule has 1 N–H and O–H groups in total. The molecule has 1 aromatic carbocycles. The number of hydrogen-bond acceptors (Lipinski definition) is 5. The Morgan fingerprint density at radius 1 is 1.35 bits per heavy atom. The van der Waals surface area contributed by atoms with Crippen molar-refractivity contribution in [1.29, 1.82) is 0 Å². The largest absolute Gasteiger partial charge is 0.367 e. The van der Waals surface area contributed by atoms with Gasteiger partial charge in [-0.3, -0.25) is 0 Å². The molecular formula is C15H19N3O2. The van der Waals surface area contributed by atoms with Gasteiger partial charge in [0.1, 0.15) is 0 Å². The van der Waals surface area contributed by atoms with Crippen LogP contribution in [0.3, 0.4) is 0 Å². The molecule has 0 saturated carbocycles. The number of piperidine rings is 1. The predicted octanol–water partition coefficient (Wildman–Crippen LogP) is 2.27. The highest BCUT2D eigenvalue weighted by molar-refractivity contribution is 5.22. The van der Waals surface area contributed by atoms with Gasteiger partial charge in [-0.05, 0) is 24.9 Å². The number of methoxy groups -OCH3 is 1. The van der Waals surface area contributed by atoms with Crippen LogP contribution in [0.15, 0.2) is 34.9 Å². The second kappa shape index (κ2) is 6.15. The number of benzene rings is 1. The van der Waals surface area contributed by atoms with Crippen LogP contribution in [0.5, 0.6) is 0 Å². The van der Waals surface area contributed by atoms with Crippen LogP contribution in [0.1, 0.15) is 42.1 Å². The minimum Gasteiger partial charge on any atom is -0.367 e. The fourth-order valence-corrected chi connectivity index (χ4v) is 2.60. The highest BCUT2D eigenvalue weighted by atomic mass is 16.5. The van der Waals surface area contributed by atoms with E-state index in [1.807, 2.05) is 30.3 Å². The van der Waals surface area contributed by atoms with E-state index in [9.17, 15) is 0 Å². The Bertz CT molecular complexity index is 535. The number of nitrogens with zero attached hydrogens (tertiary/aromatic N) is 2. The summed E-state index contributed by atoms with van der Waals surface area (Å²) >= 11 is 0. The van der Waals surface area contributed by atoms with Crippen LogP contribution >= 0.6 is 0 Å². The second-order valence-corrected chi connectivity index (χ2v) is 5.06. The number of hydrogen-bond donors (Lipinski definition) is 1. The van der Waals surface area contributed by atoms with Crippen LogP contribution in [-0.4, -0.2) is 30.3 Å². The van der Waals surface area contributed by atoms with E-state index < -0.39 is 0 Å². The normalized spacial score (nSPS) is 20.8. The van der Waals surface area contributed by atoms with Crippen molar-refractivity contribution in [3.63, 3.8) is 0 Å². The summed E-state index contributed by atoms with van der Waals surface area (Å²) in [7, 11) is 1.66. The monoisotopic (exact) mass is 273 g/mol. The number of aromatic nitrogens is 2. The zero-order chi connectivity index (χ0) is 13.8. The molecule has 5 heteroatoms. The molecule has 1 saturated heterocycles. The van der Waals surface area contributed by atoms with E-state index in [-0.39, 0.29) is 6.10 Å². The summed E-state index contributed by atoms with van der Waals surface area (Å²) in [5.41, 5.74) is 1.02.